The van der Waals surface area contributed by atoms with Crippen molar-refractivity contribution in [3.63, 3.8) is 0 Å². The zero-order chi connectivity index (χ0) is 26.4. The molecule has 0 saturated carbocycles. The van der Waals surface area contributed by atoms with Crippen LogP contribution >= 0.6 is 63.7 Å². The van der Waals surface area contributed by atoms with Crippen molar-refractivity contribution in [2.24, 2.45) is 0 Å². The molecule has 3 aromatic carbocycles. The van der Waals surface area contributed by atoms with Crippen LogP contribution in [0.1, 0.15) is 58.8 Å². The van der Waals surface area contributed by atoms with Crippen LogP contribution in [0.25, 0.3) is 5.57 Å². The lowest BCUT2D eigenvalue weighted by Crippen LogP contribution is -2.17. The molecule has 3 heterocycles. The van der Waals surface area contributed by atoms with Gasteiger partial charge in [0.25, 0.3) is 0 Å². The van der Waals surface area contributed by atoms with Crippen molar-refractivity contribution in [3.05, 3.63) is 94.8 Å². The fourth-order valence-corrected chi connectivity index (χ4v) is 8.17. The van der Waals surface area contributed by atoms with Crippen molar-refractivity contribution in [1.82, 2.24) is 0 Å². The van der Waals surface area contributed by atoms with E-state index in [4.69, 9.17) is 4.74 Å². The Kier molecular flexibility index (Phi) is 7.78. The Morgan fingerprint density at radius 2 is 1.13 bits per heavy atom. The quantitative estimate of drug-likeness (QED) is 0.147. The number of carbonyl (C=O) groups is 1. The van der Waals surface area contributed by atoms with Crippen LogP contribution in [0, 0.1) is 0 Å². The molecule has 8 heteroatoms. The maximum Gasteiger partial charge on any atom is 0.340 e. The lowest BCUT2D eigenvalue weighted by atomic mass is 9.94. The highest BCUT2D eigenvalue weighted by molar-refractivity contribution is 9.15. The Morgan fingerprint density at radius 1 is 0.684 bits per heavy atom. The number of benzene rings is 3. The smallest absolute Gasteiger partial charge is 0.340 e. The van der Waals surface area contributed by atoms with Crippen LogP contribution in [0.5, 0.6) is 0 Å². The van der Waals surface area contributed by atoms with Crippen molar-refractivity contribution in [1.29, 1.82) is 0 Å². The minimum atomic E-state index is -0.529. The lowest BCUT2D eigenvalue weighted by Gasteiger charge is -2.20. The van der Waals surface area contributed by atoms with Crippen molar-refractivity contribution in [2.75, 3.05) is 36.0 Å². The molecule has 2 saturated heterocycles. The highest BCUT2D eigenvalue weighted by Crippen LogP contribution is 2.49. The van der Waals surface area contributed by atoms with E-state index in [0.717, 1.165) is 61.9 Å². The van der Waals surface area contributed by atoms with Crippen molar-refractivity contribution >= 4 is 86.6 Å². The third-order valence-corrected chi connectivity index (χ3v) is 12.4. The Balaban J connectivity index is 1.43. The summed E-state index contributed by atoms with van der Waals surface area (Å²) in [5.41, 5.74) is 7.11. The number of carbonyl (C=O) groups excluding carboxylic acids is 1. The Labute approximate surface area is 256 Å². The van der Waals surface area contributed by atoms with E-state index in [0.29, 0.717) is 10.0 Å². The van der Waals surface area contributed by atoms with Crippen molar-refractivity contribution in [2.45, 2.75) is 31.8 Å². The van der Waals surface area contributed by atoms with E-state index in [1.54, 1.807) is 0 Å². The van der Waals surface area contributed by atoms with Gasteiger partial charge >= 0.3 is 5.97 Å². The molecule has 38 heavy (non-hydrogen) atoms. The standard InChI is InChI=1S/C30H26Br4N2O2/c31-26-24-23(38-30(37)25(24)27(32)29(34)28(26)33)17-22(18-5-9-20(10-6-18)35-13-1-2-14-35)19-7-11-21(12-8-19)36-15-3-4-16-36/h5-12,17,23H,1-4,13-16H2. The van der Waals surface area contributed by atoms with Crippen LogP contribution in [0.3, 0.4) is 0 Å². The molecule has 1 atom stereocenters. The zero-order valence-corrected chi connectivity index (χ0v) is 27.0. The molecule has 2 fully saturated rings. The van der Waals surface area contributed by atoms with E-state index >= 15 is 0 Å². The number of esters is 1. The maximum atomic E-state index is 13.0. The molecular formula is C30H26Br4N2O2. The van der Waals surface area contributed by atoms with Gasteiger partial charge in [-0.15, -0.1) is 0 Å². The van der Waals surface area contributed by atoms with Gasteiger partial charge in [0.05, 0.1) is 5.56 Å². The molecule has 0 spiro atoms. The van der Waals surface area contributed by atoms with E-state index in [1.807, 2.05) is 0 Å². The predicted molar refractivity (Wildman–Crippen MR) is 168 cm³/mol. The van der Waals surface area contributed by atoms with Gasteiger partial charge in [-0.25, -0.2) is 4.79 Å². The lowest BCUT2D eigenvalue weighted by molar-refractivity contribution is 0.0467. The number of hydrogen-bond donors (Lipinski definition) is 0. The molecule has 0 aliphatic carbocycles. The Morgan fingerprint density at radius 3 is 1.61 bits per heavy atom. The topological polar surface area (TPSA) is 32.8 Å². The second-order valence-electron chi connectivity index (χ2n) is 9.93. The number of hydrogen-bond acceptors (Lipinski definition) is 4. The summed E-state index contributed by atoms with van der Waals surface area (Å²) in [6, 6.07) is 17.6. The van der Waals surface area contributed by atoms with Gasteiger partial charge in [0.2, 0.25) is 0 Å². The van der Waals surface area contributed by atoms with Gasteiger partial charge in [-0.2, -0.15) is 0 Å². The van der Waals surface area contributed by atoms with Gasteiger partial charge in [0, 0.05) is 61.0 Å². The average Bonchev–Trinajstić information content (AvgIpc) is 3.72. The molecule has 3 aliphatic rings. The molecule has 3 aromatic rings. The Bertz CT molecular complexity index is 1350. The second-order valence-corrected chi connectivity index (χ2v) is 13.1. The van der Waals surface area contributed by atoms with E-state index < -0.39 is 6.10 Å². The number of nitrogens with zero attached hydrogens (tertiary/aromatic N) is 2. The molecule has 196 valence electrons. The highest BCUT2D eigenvalue weighted by Gasteiger charge is 2.37. The normalized spacial score (nSPS) is 18.6. The summed E-state index contributed by atoms with van der Waals surface area (Å²) in [6.45, 7) is 4.45. The van der Waals surface area contributed by atoms with E-state index in [-0.39, 0.29) is 5.97 Å². The van der Waals surface area contributed by atoms with Gasteiger partial charge in [0.1, 0.15) is 6.10 Å². The van der Waals surface area contributed by atoms with E-state index in [9.17, 15) is 4.79 Å². The van der Waals surface area contributed by atoms with Gasteiger partial charge in [-0.1, -0.05) is 24.3 Å². The van der Waals surface area contributed by atoms with Gasteiger partial charge < -0.3 is 14.5 Å². The van der Waals surface area contributed by atoms with Gasteiger partial charge in [-0.3, -0.25) is 0 Å². The number of cyclic esters (lactones) is 1. The van der Waals surface area contributed by atoms with Gasteiger partial charge in [0.15, 0.2) is 0 Å². The van der Waals surface area contributed by atoms with Crippen LogP contribution in [-0.4, -0.2) is 32.1 Å². The SMILES string of the molecule is O=C1OC(C=C(c2ccc(N3CCCC3)cc2)c2ccc(N3CCCC3)cc2)c2c(Br)c(Br)c(Br)c(Br)c21. The van der Waals surface area contributed by atoms with Crippen LogP contribution in [0.4, 0.5) is 11.4 Å². The van der Waals surface area contributed by atoms with E-state index in [2.05, 4.69) is 128 Å². The molecule has 6 rings (SSSR count). The van der Waals surface area contributed by atoms with Crippen molar-refractivity contribution < 1.29 is 9.53 Å². The average molecular weight is 766 g/mol. The summed E-state index contributed by atoms with van der Waals surface area (Å²) in [7, 11) is 0. The summed E-state index contributed by atoms with van der Waals surface area (Å²) in [6.07, 6.45) is 6.55. The third-order valence-electron chi connectivity index (χ3n) is 7.64. The largest absolute Gasteiger partial charge is 0.449 e. The number of halogens is 4. The first-order valence-corrected chi connectivity index (χ1v) is 16.1. The second kappa shape index (κ2) is 11.1. The first-order valence-electron chi connectivity index (χ1n) is 12.9. The molecule has 3 aliphatic heterocycles. The van der Waals surface area contributed by atoms with Crippen LogP contribution in [0.15, 0.2) is 72.5 Å². The summed E-state index contributed by atoms with van der Waals surface area (Å²) in [4.78, 5) is 17.9. The molecular weight excluding hydrogens is 740 g/mol. The minimum absolute atomic E-state index is 0.338. The number of ether oxygens (including phenoxy) is 1. The maximum absolute atomic E-state index is 13.0. The fraction of sp³-hybridized carbons (Fsp3) is 0.300. The number of rotatable bonds is 5. The molecule has 0 aromatic heterocycles. The molecule has 0 N–H and O–H groups in total. The Hall–Kier alpha value is -1.61. The fourth-order valence-electron chi connectivity index (χ4n) is 5.63. The summed E-state index contributed by atoms with van der Waals surface area (Å²) >= 11 is 14.5. The monoisotopic (exact) mass is 762 g/mol. The predicted octanol–water partition coefficient (Wildman–Crippen LogP) is 9.28. The molecule has 0 radical (unpaired) electrons. The highest BCUT2D eigenvalue weighted by atomic mass is 79.9. The van der Waals surface area contributed by atoms with E-state index in [1.165, 1.54) is 37.1 Å². The van der Waals surface area contributed by atoms with Crippen LogP contribution < -0.4 is 9.80 Å². The zero-order valence-electron chi connectivity index (χ0n) is 20.7. The minimum Gasteiger partial charge on any atom is -0.449 e. The molecule has 1 unspecified atom stereocenters. The molecule has 0 bridgehead atoms. The third kappa shape index (κ3) is 4.91. The van der Waals surface area contributed by atoms with Crippen LogP contribution in [-0.2, 0) is 4.74 Å². The summed E-state index contributed by atoms with van der Waals surface area (Å²) in [5.74, 6) is -0.338. The first-order chi connectivity index (χ1) is 18.4. The van der Waals surface area contributed by atoms with Gasteiger partial charge in [-0.05, 0) is 136 Å². The summed E-state index contributed by atoms with van der Waals surface area (Å²) in [5, 5.41) is 0. The van der Waals surface area contributed by atoms with Crippen LogP contribution in [0.2, 0.25) is 0 Å². The number of anilines is 2. The van der Waals surface area contributed by atoms with Crippen molar-refractivity contribution in [3.8, 4) is 0 Å². The summed E-state index contributed by atoms with van der Waals surface area (Å²) < 4.78 is 9.07. The first kappa shape index (κ1) is 26.6. The molecule has 4 nitrogen and oxygen atoms in total. The number of fused-ring (bicyclic) bond motifs is 1. The molecule has 0 amide bonds.